The van der Waals surface area contributed by atoms with E-state index in [1.54, 1.807) is 52.7 Å². The summed E-state index contributed by atoms with van der Waals surface area (Å²) >= 11 is 0. The summed E-state index contributed by atoms with van der Waals surface area (Å²) in [5, 5.41) is 12.9. The number of rotatable bonds is 23. The molecule has 76 heavy (non-hydrogen) atoms. The first-order chi connectivity index (χ1) is 36.3. The molecule has 1 heterocycles. The Labute approximate surface area is 446 Å². The van der Waals surface area contributed by atoms with Crippen LogP contribution in [0.4, 0.5) is 14.4 Å². The molecule has 0 fully saturated rings. The smallest absolute Gasteiger partial charge is 0.407 e. The minimum atomic E-state index is -1.12. The van der Waals surface area contributed by atoms with Crippen molar-refractivity contribution in [2.24, 2.45) is 10.8 Å². The standard InChI is InChI=1S/C59H73N7O10/c1-58(2,3)51(63-56(71)73-7)53(68)62-48(35-39-21-11-9-12-22-39)49(76-50(67)28-13-10-19-34-61-55(70)75-38-46-44-25-16-14-23-42(44)43-24-15-17-26-45(43)46)37-66(65-54(69)52(59(4,5)6)64-57(72)74-8)36-40-29-31-41(32-30-40)47-27-18-20-33-60-47/h9,11-12,14-18,20-27,29-33,46,48-49,51-52H,10,13,19,28,34-38H2,1-8H3,(H,61,70)(H,62,68)(H,63,71)(H,64,72)(H,65,69)/t48-,49-,51+,52+/m0/s1. The van der Waals surface area contributed by atoms with Gasteiger partial charge in [-0.15, -0.1) is 0 Å². The molecule has 0 bridgehead atoms. The molecule has 1 aromatic heterocycles. The van der Waals surface area contributed by atoms with Gasteiger partial charge in [0.2, 0.25) is 5.91 Å². The van der Waals surface area contributed by atoms with Crippen molar-refractivity contribution in [3.63, 3.8) is 0 Å². The van der Waals surface area contributed by atoms with Crippen molar-refractivity contribution < 1.29 is 47.7 Å². The second-order valence-electron chi connectivity index (χ2n) is 21.0. The van der Waals surface area contributed by atoms with Gasteiger partial charge >= 0.3 is 24.2 Å². The summed E-state index contributed by atoms with van der Waals surface area (Å²) in [6.07, 6.45) is 0.174. The number of pyridine rings is 1. The van der Waals surface area contributed by atoms with Crippen molar-refractivity contribution in [3.05, 3.63) is 150 Å². The maximum absolute atomic E-state index is 14.5. The molecule has 4 aromatic carbocycles. The third kappa shape index (κ3) is 16.6. The fraction of sp³-hybridized carbons (Fsp3) is 0.407. The number of aromatic nitrogens is 1. The predicted octanol–water partition coefficient (Wildman–Crippen LogP) is 8.86. The Morgan fingerprint density at radius 1 is 0.618 bits per heavy atom. The summed E-state index contributed by atoms with van der Waals surface area (Å²) in [5.41, 5.74) is 9.16. The Bertz CT molecular complexity index is 2680. The molecule has 4 atom stereocenters. The minimum Gasteiger partial charge on any atom is -0.459 e. The van der Waals surface area contributed by atoms with Crippen LogP contribution in [0.3, 0.4) is 0 Å². The number of carbonyl (C=O) groups excluding carboxylic acids is 6. The predicted molar refractivity (Wildman–Crippen MR) is 289 cm³/mol. The largest absolute Gasteiger partial charge is 0.459 e. The highest BCUT2D eigenvalue weighted by molar-refractivity contribution is 5.87. The Hall–Kier alpha value is -7.79. The van der Waals surface area contributed by atoms with Gasteiger partial charge in [0.1, 0.15) is 24.8 Å². The van der Waals surface area contributed by atoms with Crippen LogP contribution in [0, 0.1) is 10.8 Å². The number of hydrazine groups is 1. The van der Waals surface area contributed by atoms with Crippen LogP contribution in [0.5, 0.6) is 0 Å². The van der Waals surface area contributed by atoms with E-state index in [4.69, 9.17) is 18.9 Å². The second-order valence-corrected chi connectivity index (χ2v) is 21.0. The van der Waals surface area contributed by atoms with Gasteiger partial charge in [0.05, 0.1) is 32.5 Å². The lowest BCUT2D eigenvalue weighted by atomic mass is 9.85. The third-order valence-electron chi connectivity index (χ3n) is 13.1. The van der Waals surface area contributed by atoms with E-state index in [1.807, 2.05) is 97.1 Å². The summed E-state index contributed by atoms with van der Waals surface area (Å²) < 4.78 is 21.9. The molecule has 17 heteroatoms. The topological polar surface area (TPSA) is 216 Å². The quantitative estimate of drug-likeness (QED) is 0.0180. The number of hydrogen-bond donors (Lipinski definition) is 5. The number of hydrogen-bond acceptors (Lipinski definition) is 12. The first-order valence-corrected chi connectivity index (χ1v) is 25.7. The molecule has 404 valence electrons. The molecule has 0 saturated carbocycles. The maximum Gasteiger partial charge on any atom is 0.407 e. The zero-order valence-corrected chi connectivity index (χ0v) is 44.9. The summed E-state index contributed by atoms with van der Waals surface area (Å²) in [6, 6.07) is 35.8. The van der Waals surface area contributed by atoms with E-state index < -0.39 is 71.1 Å². The number of ether oxygens (including phenoxy) is 4. The maximum atomic E-state index is 14.5. The molecule has 0 aliphatic heterocycles. The molecule has 1 aliphatic carbocycles. The normalized spacial score (nSPS) is 13.6. The Balaban J connectivity index is 1.21. The lowest BCUT2D eigenvalue weighted by Crippen LogP contribution is -2.61. The number of amides is 5. The number of carbonyl (C=O) groups is 6. The van der Waals surface area contributed by atoms with Gasteiger partial charge in [-0.3, -0.25) is 24.8 Å². The van der Waals surface area contributed by atoms with Crippen LogP contribution in [0.2, 0.25) is 0 Å². The second kappa shape index (κ2) is 27.1. The van der Waals surface area contributed by atoms with Crippen molar-refractivity contribution in [2.75, 3.05) is 33.9 Å². The summed E-state index contributed by atoms with van der Waals surface area (Å²) in [7, 11) is 2.42. The van der Waals surface area contributed by atoms with Gasteiger partial charge in [0.25, 0.3) is 5.91 Å². The Morgan fingerprint density at radius 3 is 1.78 bits per heavy atom. The van der Waals surface area contributed by atoms with E-state index >= 15 is 0 Å². The van der Waals surface area contributed by atoms with Crippen molar-refractivity contribution in [3.8, 4) is 22.4 Å². The molecular weight excluding hydrogens is 967 g/mol. The fourth-order valence-electron chi connectivity index (χ4n) is 9.12. The summed E-state index contributed by atoms with van der Waals surface area (Å²) in [6.45, 7) is 11.3. The average molecular weight is 1040 g/mol. The number of methoxy groups -OCH3 is 2. The van der Waals surface area contributed by atoms with E-state index in [0.717, 1.165) is 44.6 Å². The molecule has 6 rings (SSSR count). The molecule has 5 N–H and O–H groups in total. The lowest BCUT2D eigenvalue weighted by molar-refractivity contribution is -0.154. The lowest BCUT2D eigenvalue weighted by Gasteiger charge is -2.37. The van der Waals surface area contributed by atoms with E-state index in [2.05, 4.69) is 55.9 Å². The minimum absolute atomic E-state index is 0.00154. The number of alkyl carbamates (subject to hydrolysis) is 3. The van der Waals surface area contributed by atoms with Crippen LogP contribution < -0.4 is 26.7 Å². The monoisotopic (exact) mass is 1040 g/mol. The molecule has 0 saturated heterocycles. The highest BCUT2D eigenvalue weighted by Crippen LogP contribution is 2.44. The number of benzene rings is 4. The number of unbranched alkanes of at least 4 members (excludes halogenated alkanes) is 2. The van der Waals surface area contributed by atoms with Crippen molar-refractivity contribution in [2.45, 2.75) is 110 Å². The molecule has 0 spiro atoms. The first kappa shape index (κ1) is 57.5. The zero-order chi connectivity index (χ0) is 54.8. The van der Waals surface area contributed by atoms with Crippen LogP contribution >= 0.6 is 0 Å². The average Bonchev–Trinajstić information content (AvgIpc) is 3.74. The van der Waals surface area contributed by atoms with Gasteiger partial charge in [-0.2, -0.15) is 0 Å². The SMILES string of the molecule is COC(=O)N[C@H](C(=O)N[C@@H](Cc1ccccc1)[C@H](CN(Cc1ccc(-c2ccccn2)cc1)NC(=O)[C@@H](NC(=O)OC)C(C)(C)C)OC(=O)CCCCCNC(=O)OCC1c2ccccc2-c2ccccc21)C(C)(C)C. The van der Waals surface area contributed by atoms with Crippen LogP contribution in [0.25, 0.3) is 22.4 Å². The van der Waals surface area contributed by atoms with E-state index in [1.165, 1.54) is 14.2 Å². The van der Waals surface area contributed by atoms with Gasteiger partial charge < -0.3 is 40.2 Å². The zero-order valence-electron chi connectivity index (χ0n) is 44.9. The van der Waals surface area contributed by atoms with Crippen LogP contribution in [0.15, 0.2) is 128 Å². The van der Waals surface area contributed by atoms with E-state index in [-0.39, 0.29) is 38.5 Å². The number of fused-ring (bicyclic) bond motifs is 3. The van der Waals surface area contributed by atoms with Gasteiger partial charge in [0, 0.05) is 37.2 Å². The fourth-order valence-corrected chi connectivity index (χ4v) is 9.12. The van der Waals surface area contributed by atoms with Crippen LogP contribution in [-0.4, -0.2) is 104 Å². The molecule has 5 amide bonds. The molecule has 0 unspecified atom stereocenters. The van der Waals surface area contributed by atoms with E-state index in [0.29, 0.717) is 25.8 Å². The molecule has 0 radical (unpaired) electrons. The third-order valence-corrected chi connectivity index (χ3v) is 13.1. The van der Waals surface area contributed by atoms with Crippen molar-refractivity contribution >= 4 is 36.1 Å². The highest BCUT2D eigenvalue weighted by Gasteiger charge is 2.39. The van der Waals surface area contributed by atoms with Crippen LogP contribution in [0.1, 0.15) is 95.4 Å². The molecule has 17 nitrogen and oxygen atoms in total. The van der Waals surface area contributed by atoms with Gasteiger partial charge in [0.15, 0.2) is 0 Å². The number of esters is 1. The van der Waals surface area contributed by atoms with Crippen molar-refractivity contribution in [1.82, 2.24) is 36.7 Å². The summed E-state index contributed by atoms with van der Waals surface area (Å²) in [5.74, 6) is -1.76. The van der Waals surface area contributed by atoms with Gasteiger partial charge in [-0.1, -0.05) is 157 Å². The summed E-state index contributed by atoms with van der Waals surface area (Å²) in [4.78, 5) is 85.7. The number of nitrogens with zero attached hydrogens (tertiary/aromatic N) is 2. The Morgan fingerprint density at radius 2 is 1.20 bits per heavy atom. The molecule has 5 aromatic rings. The number of nitrogens with one attached hydrogen (secondary N) is 5. The highest BCUT2D eigenvalue weighted by atomic mass is 16.6. The molecule has 1 aliphatic rings. The van der Waals surface area contributed by atoms with E-state index in [9.17, 15) is 28.8 Å². The van der Waals surface area contributed by atoms with Crippen molar-refractivity contribution in [1.29, 1.82) is 0 Å². The molecular formula is C59H73N7O10. The van der Waals surface area contributed by atoms with Gasteiger partial charge in [-0.25, -0.2) is 19.4 Å². The van der Waals surface area contributed by atoms with Gasteiger partial charge in [-0.05, 0) is 75.6 Å². The first-order valence-electron chi connectivity index (χ1n) is 25.7. The Kier molecular flexibility index (Phi) is 20.5. The van der Waals surface area contributed by atoms with Crippen LogP contribution in [-0.2, 0) is 46.3 Å².